The maximum absolute atomic E-state index is 12.9. The zero-order valence-corrected chi connectivity index (χ0v) is 17.1. The van der Waals surface area contributed by atoms with Gasteiger partial charge in [-0.1, -0.05) is 18.2 Å². The number of hydrogen-bond acceptors (Lipinski definition) is 5. The van der Waals surface area contributed by atoms with Gasteiger partial charge in [0.1, 0.15) is 5.00 Å². The number of anilines is 1. The predicted molar refractivity (Wildman–Crippen MR) is 116 cm³/mol. The van der Waals surface area contributed by atoms with Crippen molar-refractivity contribution in [3.63, 3.8) is 0 Å². The molecule has 4 aromatic rings. The summed E-state index contributed by atoms with van der Waals surface area (Å²) in [7, 11) is 0. The average molecular weight is 414 g/mol. The molecule has 0 bridgehead atoms. The number of benzene rings is 1. The van der Waals surface area contributed by atoms with Crippen LogP contribution in [0.25, 0.3) is 5.52 Å². The van der Waals surface area contributed by atoms with Crippen molar-refractivity contribution >= 4 is 33.7 Å². The van der Waals surface area contributed by atoms with Gasteiger partial charge in [0.15, 0.2) is 0 Å². The van der Waals surface area contributed by atoms with Crippen LogP contribution in [-0.4, -0.2) is 20.5 Å². The summed E-state index contributed by atoms with van der Waals surface area (Å²) in [5.74, 6) is -1.25. The molecular formula is C23H18N4O2S. The van der Waals surface area contributed by atoms with E-state index in [2.05, 4.69) is 15.8 Å². The normalized spacial score (nSPS) is 10.7. The average Bonchev–Trinajstić information content (AvgIpc) is 3.35. The number of nitrogens with zero attached hydrogens (tertiary/aromatic N) is 3. The molecule has 4 rings (SSSR count). The van der Waals surface area contributed by atoms with Gasteiger partial charge in [-0.15, -0.1) is 0 Å². The molecule has 0 aliphatic heterocycles. The third-order valence-corrected chi connectivity index (χ3v) is 5.62. The number of ketones is 1. The van der Waals surface area contributed by atoms with Gasteiger partial charge in [-0.3, -0.25) is 9.59 Å². The lowest BCUT2D eigenvalue weighted by atomic mass is 10.1. The second-order valence-corrected chi connectivity index (χ2v) is 7.73. The van der Waals surface area contributed by atoms with Crippen LogP contribution < -0.4 is 5.32 Å². The highest BCUT2D eigenvalue weighted by Crippen LogP contribution is 2.21. The quantitative estimate of drug-likeness (QED) is 0.379. The topological polar surface area (TPSA) is 87.3 Å². The first-order chi connectivity index (χ1) is 14.5. The van der Waals surface area contributed by atoms with Gasteiger partial charge in [-0.2, -0.15) is 9.64 Å². The lowest BCUT2D eigenvalue weighted by Crippen LogP contribution is -2.22. The minimum atomic E-state index is -0.673. The SMILES string of the molecule is Cc1cc(NC(=O)C(=O)c2cc(CCc3ccc(C#N)cc3)n3ccccc23)sn1. The van der Waals surface area contributed by atoms with Gasteiger partial charge in [0.25, 0.3) is 11.7 Å². The first-order valence-corrected chi connectivity index (χ1v) is 10.2. The molecule has 3 aromatic heterocycles. The maximum atomic E-state index is 12.9. The lowest BCUT2D eigenvalue weighted by molar-refractivity contribution is -0.112. The van der Waals surface area contributed by atoms with Gasteiger partial charge in [0.05, 0.1) is 28.4 Å². The van der Waals surface area contributed by atoms with E-state index in [-0.39, 0.29) is 0 Å². The number of carbonyl (C=O) groups is 2. The fraction of sp³-hybridized carbons (Fsp3) is 0.130. The number of nitriles is 1. The number of hydrogen-bond donors (Lipinski definition) is 1. The largest absolute Gasteiger partial charge is 0.320 e. The minimum absolute atomic E-state index is 0.379. The first-order valence-electron chi connectivity index (χ1n) is 9.42. The number of pyridine rings is 1. The van der Waals surface area contributed by atoms with Crippen LogP contribution in [0.15, 0.2) is 60.8 Å². The highest BCUT2D eigenvalue weighted by atomic mass is 32.1. The fourth-order valence-electron chi connectivity index (χ4n) is 3.33. The molecule has 3 heterocycles. The highest BCUT2D eigenvalue weighted by Gasteiger charge is 2.22. The zero-order chi connectivity index (χ0) is 21.1. The number of amides is 1. The van der Waals surface area contributed by atoms with Crippen molar-refractivity contribution < 1.29 is 9.59 Å². The van der Waals surface area contributed by atoms with Gasteiger partial charge in [0.2, 0.25) is 0 Å². The fourth-order valence-corrected chi connectivity index (χ4v) is 3.99. The Bertz CT molecular complexity index is 1280. The van der Waals surface area contributed by atoms with Crippen molar-refractivity contribution in [3.8, 4) is 6.07 Å². The minimum Gasteiger partial charge on any atom is -0.320 e. The van der Waals surface area contributed by atoms with E-state index in [1.807, 2.05) is 47.9 Å². The molecule has 0 saturated carbocycles. The van der Waals surface area contributed by atoms with Gasteiger partial charge in [-0.05, 0) is 73.3 Å². The van der Waals surface area contributed by atoms with Crippen LogP contribution in [0.1, 0.15) is 32.9 Å². The van der Waals surface area contributed by atoms with E-state index in [9.17, 15) is 9.59 Å². The van der Waals surface area contributed by atoms with E-state index in [1.165, 1.54) is 0 Å². The Morgan fingerprint density at radius 2 is 1.93 bits per heavy atom. The number of aryl methyl sites for hydroxylation is 3. The van der Waals surface area contributed by atoms with E-state index in [1.54, 1.807) is 24.3 Å². The molecule has 0 saturated heterocycles. The van der Waals surface area contributed by atoms with Crippen LogP contribution in [0, 0.1) is 18.3 Å². The molecule has 6 nitrogen and oxygen atoms in total. The molecule has 0 spiro atoms. The monoisotopic (exact) mass is 414 g/mol. The number of rotatable bonds is 6. The molecule has 148 valence electrons. The van der Waals surface area contributed by atoms with E-state index < -0.39 is 11.7 Å². The predicted octanol–water partition coefficient (Wildman–Crippen LogP) is 4.18. The van der Waals surface area contributed by atoms with E-state index >= 15 is 0 Å². The van der Waals surface area contributed by atoms with Gasteiger partial charge < -0.3 is 9.72 Å². The Labute approximate surface area is 177 Å². The molecule has 7 heteroatoms. The van der Waals surface area contributed by atoms with Crippen LogP contribution >= 0.6 is 11.5 Å². The molecule has 0 aliphatic rings. The van der Waals surface area contributed by atoms with E-state index in [0.717, 1.165) is 34.9 Å². The second kappa shape index (κ2) is 8.31. The van der Waals surface area contributed by atoms with Crippen LogP contribution in [0.5, 0.6) is 0 Å². The van der Waals surface area contributed by atoms with Crippen molar-refractivity contribution in [1.29, 1.82) is 5.26 Å². The molecule has 1 amide bonds. The Morgan fingerprint density at radius 1 is 1.13 bits per heavy atom. The highest BCUT2D eigenvalue weighted by molar-refractivity contribution is 7.10. The molecule has 0 atom stereocenters. The van der Waals surface area contributed by atoms with Gasteiger partial charge in [-0.25, -0.2) is 0 Å². The van der Waals surface area contributed by atoms with Gasteiger partial charge >= 0.3 is 0 Å². The van der Waals surface area contributed by atoms with Crippen molar-refractivity contribution in [2.24, 2.45) is 0 Å². The summed E-state index contributed by atoms with van der Waals surface area (Å²) in [5.41, 5.74) is 4.55. The number of carbonyl (C=O) groups excluding carboxylic acids is 2. The van der Waals surface area contributed by atoms with Crippen molar-refractivity contribution in [2.45, 2.75) is 19.8 Å². The van der Waals surface area contributed by atoms with E-state index in [0.29, 0.717) is 28.1 Å². The maximum Gasteiger partial charge on any atom is 0.297 e. The van der Waals surface area contributed by atoms with E-state index in [4.69, 9.17) is 5.26 Å². The molecule has 0 fully saturated rings. The van der Waals surface area contributed by atoms with Crippen LogP contribution in [0.2, 0.25) is 0 Å². The van der Waals surface area contributed by atoms with Crippen LogP contribution in [-0.2, 0) is 17.6 Å². The summed E-state index contributed by atoms with van der Waals surface area (Å²) in [6.07, 6.45) is 3.34. The van der Waals surface area contributed by atoms with Gasteiger partial charge in [0, 0.05) is 11.9 Å². The number of fused-ring (bicyclic) bond motifs is 1. The Hall–Kier alpha value is -3.76. The number of Topliss-reactive ketones (excluding diaryl/α,β-unsaturated/α-hetero) is 1. The Balaban J connectivity index is 1.57. The lowest BCUT2D eigenvalue weighted by Gasteiger charge is -2.03. The third kappa shape index (κ3) is 4.00. The molecular weight excluding hydrogens is 396 g/mol. The summed E-state index contributed by atoms with van der Waals surface area (Å²) in [4.78, 5) is 25.4. The Morgan fingerprint density at radius 3 is 2.63 bits per heavy atom. The molecule has 0 radical (unpaired) electrons. The van der Waals surface area contributed by atoms with Crippen molar-refractivity contribution in [2.75, 3.05) is 5.32 Å². The standard InChI is InChI=1S/C23H18N4O2S/c1-15-12-21(30-26-15)25-23(29)22(28)19-13-18(27-11-3-2-4-20(19)27)10-9-16-5-7-17(14-24)8-6-16/h2-8,11-13H,9-10H2,1H3,(H,25,29). The molecule has 1 aromatic carbocycles. The summed E-state index contributed by atoms with van der Waals surface area (Å²) in [6, 6.07) is 18.7. The second-order valence-electron chi connectivity index (χ2n) is 6.93. The van der Waals surface area contributed by atoms with Crippen molar-refractivity contribution in [3.05, 3.63) is 88.9 Å². The first kappa shape index (κ1) is 19.6. The third-order valence-electron chi connectivity index (χ3n) is 4.82. The zero-order valence-electron chi connectivity index (χ0n) is 16.3. The molecule has 30 heavy (non-hydrogen) atoms. The van der Waals surface area contributed by atoms with Crippen LogP contribution in [0.4, 0.5) is 5.00 Å². The summed E-state index contributed by atoms with van der Waals surface area (Å²) in [6.45, 7) is 1.83. The summed E-state index contributed by atoms with van der Waals surface area (Å²) in [5, 5.41) is 12.1. The molecule has 1 N–H and O–H groups in total. The van der Waals surface area contributed by atoms with Crippen LogP contribution in [0.3, 0.4) is 0 Å². The number of aromatic nitrogens is 2. The Kier molecular flexibility index (Phi) is 5.42. The smallest absolute Gasteiger partial charge is 0.297 e. The molecule has 0 unspecified atom stereocenters. The summed E-state index contributed by atoms with van der Waals surface area (Å²) < 4.78 is 6.06. The number of nitrogens with one attached hydrogen (secondary N) is 1. The molecule has 0 aliphatic carbocycles. The van der Waals surface area contributed by atoms with Crippen molar-refractivity contribution in [1.82, 2.24) is 8.77 Å². The summed E-state index contributed by atoms with van der Waals surface area (Å²) >= 11 is 1.15.